The van der Waals surface area contributed by atoms with Crippen molar-refractivity contribution in [2.45, 2.75) is 56.4 Å². The normalized spacial score (nSPS) is 17.2. The van der Waals surface area contributed by atoms with Crippen molar-refractivity contribution in [3.63, 3.8) is 0 Å². The van der Waals surface area contributed by atoms with Gasteiger partial charge >= 0.3 is 5.97 Å². The molecule has 2 aliphatic rings. The molecule has 0 radical (unpaired) electrons. The number of benzene rings is 1. The third kappa shape index (κ3) is 6.10. The first-order valence-electron chi connectivity index (χ1n) is 10.2. The third-order valence-electron chi connectivity index (χ3n) is 5.16. The van der Waals surface area contributed by atoms with E-state index >= 15 is 0 Å². The van der Waals surface area contributed by atoms with E-state index in [1.165, 1.54) is 30.2 Å². The molecular formula is C22H28N2O4S. The van der Waals surface area contributed by atoms with Crippen LogP contribution in [0.15, 0.2) is 40.8 Å². The Kier molecular flexibility index (Phi) is 7.75. The Morgan fingerprint density at radius 2 is 2.10 bits per heavy atom. The van der Waals surface area contributed by atoms with Gasteiger partial charge in [0.15, 0.2) is 6.10 Å². The highest BCUT2D eigenvalue weighted by atomic mass is 32.2. The Labute approximate surface area is 176 Å². The van der Waals surface area contributed by atoms with E-state index in [0.717, 1.165) is 29.8 Å². The predicted octanol–water partition coefficient (Wildman–Crippen LogP) is 3.45. The summed E-state index contributed by atoms with van der Waals surface area (Å²) >= 11 is 1.50. The number of carbonyl (C=O) groups excluding carboxylic acids is 3. The summed E-state index contributed by atoms with van der Waals surface area (Å²) in [4.78, 5) is 39.2. The van der Waals surface area contributed by atoms with Gasteiger partial charge in [-0.25, -0.2) is 0 Å². The summed E-state index contributed by atoms with van der Waals surface area (Å²) < 4.78 is 5.26. The molecule has 1 aliphatic carbocycles. The molecule has 1 N–H and O–H groups in total. The number of esters is 1. The maximum Gasteiger partial charge on any atom is 0.308 e. The van der Waals surface area contributed by atoms with Crippen molar-refractivity contribution in [3.8, 4) is 0 Å². The molecule has 1 aromatic rings. The minimum atomic E-state index is -0.845. The van der Waals surface area contributed by atoms with Crippen LogP contribution in [0.3, 0.4) is 0 Å². The highest BCUT2D eigenvalue weighted by Crippen LogP contribution is 2.34. The fraction of sp³-hybridized carbons (Fsp3) is 0.500. The Hall–Kier alpha value is -2.28. The summed E-state index contributed by atoms with van der Waals surface area (Å²) in [5.41, 5.74) is 2.22. The van der Waals surface area contributed by atoms with Crippen molar-refractivity contribution in [2.24, 2.45) is 0 Å². The quantitative estimate of drug-likeness (QED) is 0.519. The van der Waals surface area contributed by atoms with Crippen LogP contribution in [0.25, 0.3) is 0 Å². The SMILES string of the molecule is C[C@@H](OC(=O)CCN1C(=O)CSc2ccccc21)C(=O)NCCC1=CCCCC1. The molecule has 29 heavy (non-hydrogen) atoms. The number of allylic oxidation sites excluding steroid dienone is 1. The number of para-hydroxylation sites is 1. The van der Waals surface area contributed by atoms with Gasteiger partial charge in [0.1, 0.15) is 0 Å². The third-order valence-corrected chi connectivity index (χ3v) is 6.20. The Balaban J connectivity index is 1.41. The molecule has 0 saturated carbocycles. The lowest BCUT2D eigenvalue weighted by molar-refractivity contribution is -0.154. The van der Waals surface area contributed by atoms with Gasteiger partial charge in [-0.3, -0.25) is 14.4 Å². The summed E-state index contributed by atoms with van der Waals surface area (Å²) in [7, 11) is 0. The molecule has 2 amide bonds. The van der Waals surface area contributed by atoms with Gasteiger partial charge in [0.05, 0.1) is 17.9 Å². The molecule has 6 nitrogen and oxygen atoms in total. The fourth-order valence-electron chi connectivity index (χ4n) is 3.53. The van der Waals surface area contributed by atoms with Crippen molar-refractivity contribution in [1.82, 2.24) is 5.32 Å². The van der Waals surface area contributed by atoms with E-state index in [1.807, 2.05) is 24.3 Å². The van der Waals surface area contributed by atoms with Crippen molar-refractivity contribution < 1.29 is 19.1 Å². The number of hydrogen-bond acceptors (Lipinski definition) is 5. The molecule has 0 aromatic heterocycles. The summed E-state index contributed by atoms with van der Waals surface area (Å²) in [6.07, 6.45) is 7.01. The van der Waals surface area contributed by atoms with Crippen LogP contribution in [0.2, 0.25) is 0 Å². The van der Waals surface area contributed by atoms with E-state index in [1.54, 1.807) is 11.8 Å². The maximum absolute atomic E-state index is 12.2. The number of nitrogens with zero attached hydrogens (tertiary/aromatic N) is 1. The Morgan fingerprint density at radius 1 is 1.28 bits per heavy atom. The molecule has 0 unspecified atom stereocenters. The first-order valence-corrected chi connectivity index (χ1v) is 11.2. The number of amides is 2. The summed E-state index contributed by atoms with van der Waals surface area (Å²) in [6.45, 7) is 2.38. The molecule has 0 saturated heterocycles. The van der Waals surface area contributed by atoms with Crippen LogP contribution < -0.4 is 10.2 Å². The number of ether oxygens (including phenoxy) is 1. The van der Waals surface area contributed by atoms with Gasteiger partial charge in [-0.05, 0) is 51.2 Å². The summed E-state index contributed by atoms with van der Waals surface area (Å²) in [6, 6.07) is 7.65. The second kappa shape index (κ2) is 10.5. The smallest absolute Gasteiger partial charge is 0.308 e. The molecule has 0 spiro atoms. The highest BCUT2D eigenvalue weighted by Gasteiger charge is 2.25. The van der Waals surface area contributed by atoms with Gasteiger partial charge in [0, 0.05) is 18.0 Å². The molecule has 1 aromatic carbocycles. The number of carbonyl (C=O) groups is 3. The molecule has 1 aliphatic heterocycles. The Bertz CT molecular complexity index is 793. The van der Waals surface area contributed by atoms with Gasteiger partial charge in [-0.15, -0.1) is 11.8 Å². The molecular weight excluding hydrogens is 388 g/mol. The van der Waals surface area contributed by atoms with Crippen molar-refractivity contribution in [2.75, 3.05) is 23.7 Å². The lowest BCUT2D eigenvalue weighted by Gasteiger charge is -2.28. The molecule has 156 valence electrons. The van der Waals surface area contributed by atoms with Gasteiger partial charge in [0.2, 0.25) is 5.91 Å². The average Bonchev–Trinajstić information content (AvgIpc) is 2.73. The van der Waals surface area contributed by atoms with Crippen LogP contribution in [0.1, 0.15) is 45.4 Å². The van der Waals surface area contributed by atoms with Gasteiger partial charge in [0.25, 0.3) is 5.91 Å². The van der Waals surface area contributed by atoms with Crippen LogP contribution in [-0.4, -0.2) is 42.7 Å². The summed E-state index contributed by atoms with van der Waals surface area (Å²) in [5, 5.41) is 2.84. The minimum Gasteiger partial charge on any atom is -0.452 e. The topological polar surface area (TPSA) is 75.7 Å². The van der Waals surface area contributed by atoms with E-state index in [4.69, 9.17) is 4.74 Å². The zero-order valence-corrected chi connectivity index (χ0v) is 17.6. The van der Waals surface area contributed by atoms with Crippen LogP contribution in [0, 0.1) is 0 Å². The highest BCUT2D eigenvalue weighted by molar-refractivity contribution is 8.00. The van der Waals surface area contributed by atoms with Gasteiger partial charge in [-0.2, -0.15) is 0 Å². The van der Waals surface area contributed by atoms with Crippen LogP contribution in [0.4, 0.5) is 5.69 Å². The number of fused-ring (bicyclic) bond motifs is 1. The van der Waals surface area contributed by atoms with E-state index in [9.17, 15) is 14.4 Å². The number of nitrogens with one attached hydrogen (secondary N) is 1. The Morgan fingerprint density at radius 3 is 2.90 bits per heavy atom. The molecule has 3 rings (SSSR count). The van der Waals surface area contributed by atoms with Crippen molar-refractivity contribution in [1.29, 1.82) is 0 Å². The second-order valence-corrected chi connectivity index (χ2v) is 8.35. The predicted molar refractivity (Wildman–Crippen MR) is 114 cm³/mol. The van der Waals surface area contributed by atoms with E-state index in [0.29, 0.717) is 12.3 Å². The van der Waals surface area contributed by atoms with Crippen molar-refractivity contribution >= 4 is 35.2 Å². The maximum atomic E-state index is 12.2. The first kappa shape index (κ1) is 21.4. The minimum absolute atomic E-state index is 0.0238. The second-order valence-electron chi connectivity index (χ2n) is 7.33. The molecule has 0 fully saturated rings. The molecule has 1 atom stereocenters. The van der Waals surface area contributed by atoms with E-state index in [2.05, 4.69) is 11.4 Å². The largest absolute Gasteiger partial charge is 0.452 e. The van der Waals surface area contributed by atoms with Crippen LogP contribution in [0.5, 0.6) is 0 Å². The number of hydrogen-bond donors (Lipinski definition) is 1. The van der Waals surface area contributed by atoms with Gasteiger partial charge < -0.3 is 15.0 Å². The average molecular weight is 417 g/mol. The monoisotopic (exact) mass is 416 g/mol. The molecule has 7 heteroatoms. The number of thioether (sulfide) groups is 1. The molecule has 1 heterocycles. The van der Waals surface area contributed by atoms with Crippen LogP contribution in [-0.2, 0) is 19.1 Å². The number of rotatable bonds is 8. The number of anilines is 1. The lowest BCUT2D eigenvalue weighted by atomic mass is 9.97. The lowest BCUT2D eigenvalue weighted by Crippen LogP contribution is -2.39. The van der Waals surface area contributed by atoms with Crippen LogP contribution >= 0.6 is 11.8 Å². The fourth-order valence-corrected chi connectivity index (χ4v) is 4.47. The zero-order chi connectivity index (χ0) is 20.6. The van der Waals surface area contributed by atoms with Crippen molar-refractivity contribution in [3.05, 3.63) is 35.9 Å². The van der Waals surface area contributed by atoms with Gasteiger partial charge in [-0.1, -0.05) is 23.8 Å². The molecule has 0 bridgehead atoms. The standard InChI is InChI=1S/C22H28N2O4S/c1-16(22(27)23-13-11-17-7-3-2-4-8-17)28-21(26)12-14-24-18-9-5-6-10-19(18)29-15-20(24)25/h5-7,9-10,16H,2-4,8,11-15H2,1H3,(H,23,27)/t16-/m1/s1. The summed E-state index contributed by atoms with van der Waals surface area (Å²) in [5.74, 6) is -0.428. The first-order chi connectivity index (χ1) is 14.0. The zero-order valence-electron chi connectivity index (χ0n) is 16.8. The van der Waals surface area contributed by atoms with E-state index < -0.39 is 12.1 Å². The van der Waals surface area contributed by atoms with E-state index in [-0.39, 0.29) is 24.8 Å².